The second-order valence-electron chi connectivity index (χ2n) is 4.71. The van der Waals surface area contributed by atoms with Gasteiger partial charge in [-0.15, -0.1) is 0 Å². The largest absolute Gasteiger partial charge is 0.341 e. The van der Waals surface area contributed by atoms with Gasteiger partial charge in [0, 0.05) is 18.6 Å². The number of aryl methyl sites for hydroxylation is 1. The Morgan fingerprint density at radius 2 is 2.11 bits per heavy atom. The standard InChI is InChI=1S/C14H16BrN3O/c1-14(9-15,11-6-4-3-5-7-11)17-13(19)12-8-18(2)10-16-12/h3-8,10H,9H2,1-2H3,(H,17,19). The minimum Gasteiger partial charge on any atom is -0.341 e. The van der Waals surface area contributed by atoms with Gasteiger partial charge < -0.3 is 9.88 Å². The Labute approximate surface area is 121 Å². The van der Waals surface area contributed by atoms with Crippen molar-refractivity contribution in [3.63, 3.8) is 0 Å². The van der Waals surface area contributed by atoms with Gasteiger partial charge in [-0.2, -0.15) is 0 Å². The molecule has 0 saturated heterocycles. The van der Waals surface area contributed by atoms with E-state index in [1.165, 1.54) is 0 Å². The monoisotopic (exact) mass is 321 g/mol. The van der Waals surface area contributed by atoms with Crippen LogP contribution in [-0.4, -0.2) is 20.8 Å². The summed E-state index contributed by atoms with van der Waals surface area (Å²) in [5, 5.41) is 3.65. The van der Waals surface area contributed by atoms with Gasteiger partial charge in [-0.1, -0.05) is 46.3 Å². The van der Waals surface area contributed by atoms with E-state index >= 15 is 0 Å². The van der Waals surface area contributed by atoms with Crippen molar-refractivity contribution in [3.8, 4) is 0 Å². The lowest BCUT2D eigenvalue weighted by atomic mass is 9.94. The van der Waals surface area contributed by atoms with Crippen molar-refractivity contribution in [3.05, 3.63) is 54.1 Å². The highest BCUT2D eigenvalue weighted by molar-refractivity contribution is 9.09. The van der Waals surface area contributed by atoms with Gasteiger partial charge in [-0.05, 0) is 12.5 Å². The summed E-state index contributed by atoms with van der Waals surface area (Å²) in [5.41, 5.74) is 1.01. The average molecular weight is 322 g/mol. The number of benzene rings is 1. The van der Waals surface area contributed by atoms with Gasteiger partial charge in [0.1, 0.15) is 5.69 Å². The van der Waals surface area contributed by atoms with Crippen LogP contribution in [0.1, 0.15) is 23.0 Å². The number of alkyl halides is 1. The molecule has 4 nitrogen and oxygen atoms in total. The van der Waals surface area contributed by atoms with Gasteiger partial charge in [-0.25, -0.2) is 4.98 Å². The number of hydrogen-bond acceptors (Lipinski definition) is 2. The van der Waals surface area contributed by atoms with E-state index in [2.05, 4.69) is 26.2 Å². The zero-order valence-electron chi connectivity index (χ0n) is 10.9. The molecule has 0 radical (unpaired) electrons. The molecule has 1 atom stereocenters. The summed E-state index contributed by atoms with van der Waals surface area (Å²) in [6.07, 6.45) is 3.32. The fourth-order valence-electron chi connectivity index (χ4n) is 1.83. The predicted molar refractivity (Wildman–Crippen MR) is 78.3 cm³/mol. The van der Waals surface area contributed by atoms with Crippen LogP contribution >= 0.6 is 15.9 Å². The second-order valence-corrected chi connectivity index (χ2v) is 5.27. The Bertz CT molecular complexity index is 567. The third-order valence-electron chi connectivity index (χ3n) is 3.01. The molecule has 0 saturated carbocycles. The lowest BCUT2D eigenvalue weighted by Gasteiger charge is -2.29. The molecule has 0 aliphatic carbocycles. The molecule has 1 N–H and O–H groups in total. The molecule has 100 valence electrons. The summed E-state index contributed by atoms with van der Waals surface area (Å²) in [4.78, 5) is 16.3. The fourth-order valence-corrected chi connectivity index (χ4v) is 2.30. The average Bonchev–Trinajstić information content (AvgIpc) is 2.86. The van der Waals surface area contributed by atoms with Crippen LogP contribution in [0.25, 0.3) is 0 Å². The molecule has 0 fully saturated rings. The van der Waals surface area contributed by atoms with Crippen LogP contribution < -0.4 is 5.32 Å². The Kier molecular flexibility index (Phi) is 4.04. The quantitative estimate of drug-likeness (QED) is 0.879. The summed E-state index contributed by atoms with van der Waals surface area (Å²) in [7, 11) is 1.84. The van der Waals surface area contributed by atoms with E-state index in [9.17, 15) is 4.79 Å². The Balaban J connectivity index is 2.22. The van der Waals surface area contributed by atoms with Crippen LogP contribution in [0.5, 0.6) is 0 Å². The lowest BCUT2D eigenvalue weighted by molar-refractivity contribution is 0.0909. The van der Waals surface area contributed by atoms with E-state index in [0.29, 0.717) is 11.0 Å². The summed E-state index contributed by atoms with van der Waals surface area (Å²) in [6.45, 7) is 1.98. The highest BCUT2D eigenvalue weighted by Gasteiger charge is 2.28. The molecule has 0 bridgehead atoms. The molecule has 19 heavy (non-hydrogen) atoms. The smallest absolute Gasteiger partial charge is 0.272 e. The van der Waals surface area contributed by atoms with Crippen LogP contribution in [0.2, 0.25) is 0 Å². The van der Waals surface area contributed by atoms with Crippen molar-refractivity contribution < 1.29 is 4.79 Å². The maximum Gasteiger partial charge on any atom is 0.272 e. The van der Waals surface area contributed by atoms with Crippen LogP contribution in [0.3, 0.4) is 0 Å². The Morgan fingerprint density at radius 3 is 2.63 bits per heavy atom. The number of rotatable bonds is 4. The molecule has 2 aromatic rings. The molecular weight excluding hydrogens is 306 g/mol. The molecule has 1 aromatic carbocycles. The van der Waals surface area contributed by atoms with Crippen molar-refractivity contribution in [2.24, 2.45) is 7.05 Å². The first-order chi connectivity index (χ1) is 9.05. The zero-order valence-corrected chi connectivity index (χ0v) is 12.5. The first-order valence-corrected chi connectivity index (χ1v) is 7.09. The van der Waals surface area contributed by atoms with Crippen molar-refractivity contribution >= 4 is 21.8 Å². The lowest BCUT2D eigenvalue weighted by Crippen LogP contribution is -2.45. The molecule has 1 unspecified atom stereocenters. The zero-order chi connectivity index (χ0) is 13.9. The summed E-state index contributed by atoms with van der Waals surface area (Å²) < 4.78 is 1.75. The third-order valence-corrected chi connectivity index (χ3v) is 4.13. The normalized spacial score (nSPS) is 13.8. The number of aromatic nitrogens is 2. The SMILES string of the molecule is Cn1cnc(C(=O)NC(C)(CBr)c2ccccc2)c1. The number of halogens is 1. The fraction of sp³-hybridized carbons (Fsp3) is 0.286. The maximum absolute atomic E-state index is 12.2. The topological polar surface area (TPSA) is 46.9 Å². The molecule has 0 spiro atoms. The first kappa shape index (κ1) is 13.8. The minimum atomic E-state index is -0.462. The van der Waals surface area contributed by atoms with Crippen LogP contribution in [0.4, 0.5) is 0 Å². The number of nitrogens with zero attached hydrogens (tertiary/aromatic N) is 2. The molecule has 0 aliphatic heterocycles. The van der Waals surface area contributed by atoms with E-state index in [0.717, 1.165) is 5.56 Å². The summed E-state index contributed by atoms with van der Waals surface area (Å²) in [6, 6.07) is 9.88. The highest BCUT2D eigenvalue weighted by Crippen LogP contribution is 2.23. The number of hydrogen-bond donors (Lipinski definition) is 1. The second kappa shape index (κ2) is 5.57. The molecular formula is C14H16BrN3O. The van der Waals surface area contributed by atoms with Crippen LogP contribution in [0.15, 0.2) is 42.9 Å². The number of nitrogens with one attached hydrogen (secondary N) is 1. The highest BCUT2D eigenvalue weighted by atomic mass is 79.9. The number of amides is 1. The van der Waals surface area contributed by atoms with Crippen molar-refractivity contribution in [2.45, 2.75) is 12.5 Å². The van der Waals surface area contributed by atoms with Gasteiger partial charge in [0.15, 0.2) is 0 Å². The van der Waals surface area contributed by atoms with E-state index < -0.39 is 5.54 Å². The Hall–Kier alpha value is -1.62. The first-order valence-electron chi connectivity index (χ1n) is 5.97. The van der Waals surface area contributed by atoms with E-state index in [1.54, 1.807) is 17.1 Å². The molecule has 1 heterocycles. The summed E-state index contributed by atoms with van der Waals surface area (Å²) in [5.74, 6) is -0.175. The van der Waals surface area contributed by atoms with Gasteiger partial charge in [0.05, 0.1) is 11.9 Å². The van der Waals surface area contributed by atoms with Crippen molar-refractivity contribution in [2.75, 3.05) is 5.33 Å². The minimum absolute atomic E-state index is 0.175. The van der Waals surface area contributed by atoms with Crippen LogP contribution in [0, 0.1) is 0 Å². The van der Waals surface area contributed by atoms with Crippen LogP contribution in [-0.2, 0) is 12.6 Å². The maximum atomic E-state index is 12.2. The molecule has 1 aromatic heterocycles. The molecule has 1 amide bonds. The van der Waals surface area contributed by atoms with Gasteiger partial charge in [0.25, 0.3) is 5.91 Å². The number of imidazole rings is 1. The Morgan fingerprint density at radius 1 is 1.42 bits per heavy atom. The van der Waals surface area contributed by atoms with Gasteiger partial charge >= 0.3 is 0 Å². The molecule has 0 aliphatic rings. The van der Waals surface area contributed by atoms with Gasteiger partial charge in [-0.3, -0.25) is 4.79 Å². The van der Waals surface area contributed by atoms with E-state index in [4.69, 9.17) is 0 Å². The van der Waals surface area contributed by atoms with Crippen molar-refractivity contribution in [1.82, 2.24) is 14.9 Å². The summed E-state index contributed by atoms with van der Waals surface area (Å²) >= 11 is 3.47. The molecule has 5 heteroatoms. The third kappa shape index (κ3) is 3.04. The molecule has 2 rings (SSSR count). The van der Waals surface area contributed by atoms with Crippen molar-refractivity contribution in [1.29, 1.82) is 0 Å². The van der Waals surface area contributed by atoms with E-state index in [1.807, 2.05) is 44.3 Å². The van der Waals surface area contributed by atoms with Gasteiger partial charge in [0.2, 0.25) is 0 Å². The van der Waals surface area contributed by atoms with E-state index in [-0.39, 0.29) is 5.91 Å². The predicted octanol–water partition coefficient (Wildman–Crippen LogP) is 2.46. The number of carbonyl (C=O) groups excluding carboxylic acids is 1. The number of carbonyl (C=O) groups is 1.